The van der Waals surface area contributed by atoms with E-state index in [1.165, 1.54) is 12.8 Å². The summed E-state index contributed by atoms with van der Waals surface area (Å²) in [5, 5.41) is 3.48. The summed E-state index contributed by atoms with van der Waals surface area (Å²) in [7, 11) is -2.47. The number of hydrogen-bond donors (Lipinski definition) is 1. The summed E-state index contributed by atoms with van der Waals surface area (Å²) < 4.78 is 18.2. The lowest BCUT2D eigenvalue weighted by atomic mass is 10.3. The van der Waals surface area contributed by atoms with E-state index in [9.17, 15) is 0 Å². The summed E-state index contributed by atoms with van der Waals surface area (Å²) >= 11 is 0. The van der Waals surface area contributed by atoms with Gasteiger partial charge in [0.05, 0.1) is 0 Å². The van der Waals surface area contributed by atoms with Crippen molar-refractivity contribution >= 4 is 8.80 Å². The third-order valence-corrected chi connectivity index (χ3v) is 6.02. The molecule has 21 heavy (non-hydrogen) atoms. The SMILES string of the molecule is CCCCNCCC[Si](OCCC)(OCCC)OCCC. The van der Waals surface area contributed by atoms with Crippen LogP contribution < -0.4 is 5.32 Å². The van der Waals surface area contributed by atoms with Gasteiger partial charge in [0.1, 0.15) is 0 Å². The van der Waals surface area contributed by atoms with Gasteiger partial charge in [-0.25, -0.2) is 0 Å². The van der Waals surface area contributed by atoms with Gasteiger partial charge in [-0.05, 0) is 45.2 Å². The second kappa shape index (κ2) is 15.0. The minimum absolute atomic E-state index is 0.739. The molecule has 0 aliphatic heterocycles. The van der Waals surface area contributed by atoms with Gasteiger partial charge >= 0.3 is 8.80 Å². The first kappa shape index (κ1) is 21.1. The zero-order valence-corrected chi connectivity index (χ0v) is 15.7. The van der Waals surface area contributed by atoms with Gasteiger partial charge in [0.25, 0.3) is 0 Å². The van der Waals surface area contributed by atoms with Crippen LogP contribution in [0.5, 0.6) is 0 Å². The van der Waals surface area contributed by atoms with Gasteiger partial charge in [0.2, 0.25) is 0 Å². The molecule has 1 N–H and O–H groups in total. The van der Waals surface area contributed by atoms with Gasteiger partial charge in [-0.1, -0.05) is 34.1 Å². The lowest BCUT2D eigenvalue weighted by Crippen LogP contribution is -2.47. The first-order chi connectivity index (χ1) is 10.2. The summed E-state index contributed by atoms with van der Waals surface area (Å²) in [4.78, 5) is 0. The highest BCUT2D eigenvalue weighted by atomic mass is 28.4. The van der Waals surface area contributed by atoms with Gasteiger partial charge in [-0.3, -0.25) is 0 Å². The summed E-state index contributed by atoms with van der Waals surface area (Å²) in [6.07, 6.45) is 6.57. The molecule has 0 aliphatic rings. The zero-order chi connectivity index (χ0) is 15.8. The number of nitrogens with one attached hydrogen (secondary N) is 1. The van der Waals surface area contributed by atoms with E-state index in [-0.39, 0.29) is 0 Å². The van der Waals surface area contributed by atoms with E-state index in [2.05, 4.69) is 33.0 Å². The van der Waals surface area contributed by atoms with E-state index in [0.29, 0.717) is 0 Å². The smallest absolute Gasteiger partial charge is 0.373 e. The van der Waals surface area contributed by atoms with Crippen molar-refractivity contribution in [1.82, 2.24) is 5.32 Å². The van der Waals surface area contributed by atoms with Crippen LogP contribution in [-0.4, -0.2) is 41.7 Å². The van der Waals surface area contributed by atoms with Crippen LogP contribution in [0, 0.1) is 0 Å². The van der Waals surface area contributed by atoms with Crippen molar-refractivity contribution < 1.29 is 13.3 Å². The van der Waals surface area contributed by atoms with Crippen LogP contribution in [0.2, 0.25) is 6.04 Å². The molecule has 0 rings (SSSR count). The Balaban J connectivity index is 4.28. The Morgan fingerprint density at radius 1 is 0.667 bits per heavy atom. The molecule has 0 saturated heterocycles. The molecule has 5 heteroatoms. The Morgan fingerprint density at radius 2 is 1.14 bits per heavy atom. The van der Waals surface area contributed by atoms with Crippen molar-refractivity contribution in [3.05, 3.63) is 0 Å². The monoisotopic (exact) mass is 319 g/mol. The topological polar surface area (TPSA) is 39.7 Å². The van der Waals surface area contributed by atoms with Crippen molar-refractivity contribution in [3.8, 4) is 0 Å². The number of hydrogen-bond acceptors (Lipinski definition) is 4. The summed E-state index contributed by atoms with van der Waals surface area (Å²) in [6, 6.07) is 0.923. The Hall–Kier alpha value is 0.0569. The molecular formula is C16H37NO3Si. The largest absolute Gasteiger partial charge is 0.501 e. The number of unbranched alkanes of at least 4 members (excludes halogenated alkanes) is 1. The molecule has 0 aliphatic carbocycles. The maximum atomic E-state index is 6.08. The molecule has 128 valence electrons. The Kier molecular flexibility index (Phi) is 15.0. The van der Waals surface area contributed by atoms with Gasteiger partial charge in [0, 0.05) is 25.9 Å². The van der Waals surface area contributed by atoms with Crippen LogP contribution in [0.1, 0.15) is 66.2 Å². The third kappa shape index (κ3) is 11.3. The maximum absolute atomic E-state index is 6.08. The molecule has 4 nitrogen and oxygen atoms in total. The predicted molar refractivity (Wildman–Crippen MR) is 91.7 cm³/mol. The van der Waals surface area contributed by atoms with E-state index < -0.39 is 8.80 Å². The third-order valence-electron chi connectivity index (χ3n) is 3.12. The normalized spacial score (nSPS) is 12.0. The van der Waals surface area contributed by atoms with Gasteiger partial charge < -0.3 is 18.6 Å². The maximum Gasteiger partial charge on any atom is 0.501 e. The zero-order valence-electron chi connectivity index (χ0n) is 14.7. The van der Waals surface area contributed by atoms with Crippen LogP contribution in [0.15, 0.2) is 0 Å². The van der Waals surface area contributed by atoms with Gasteiger partial charge in [-0.15, -0.1) is 0 Å². The summed E-state index contributed by atoms with van der Waals surface area (Å²) in [6.45, 7) is 13.0. The average Bonchev–Trinajstić information content (AvgIpc) is 2.51. The summed E-state index contributed by atoms with van der Waals surface area (Å²) in [5.74, 6) is 0. The van der Waals surface area contributed by atoms with Crippen molar-refractivity contribution in [2.45, 2.75) is 72.3 Å². The van der Waals surface area contributed by atoms with Crippen LogP contribution in [0.3, 0.4) is 0 Å². The molecule has 0 aromatic rings. The van der Waals surface area contributed by atoms with E-state index in [4.69, 9.17) is 13.3 Å². The molecule has 0 saturated carbocycles. The molecule has 0 fully saturated rings. The molecule has 0 radical (unpaired) electrons. The molecule has 0 bridgehead atoms. The van der Waals surface area contributed by atoms with Crippen molar-refractivity contribution in [1.29, 1.82) is 0 Å². The minimum atomic E-state index is -2.47. The lowest BCUT2D eigenvalue weighted by Gasteiger charge is -2.29. The van der Waals surface area contributed by atoms with Crippen LogP contribution >= 0.6 is 0 Å². The molecule has 0 aromatic heterocycles. The van der Waals surface area contributed by atoms with Crippen molar-refractivity contribution in [3.63, 3.8) is 0 Å². The molecule has 0 aromatic carbocycles. The second-order valence-corrected chi connectivity index (χ2v) is 8.17. The highest BCUT2D eigenvalue weighted by Crippen LogP contribution is 2.19. The Labute approximate surface area is 133 Å². The molecule has 0 amide bonds. The fourth-order valence-corrected chi connectivity index (χ4v) is 4.81. The highest BCUT2D eigenvalue weighted by Gasteiger charge is 2.40. The summed E-state index contributed by atoms with van der Waals surface area (Å²) in [5.41, 5.74) is 0. The first-order valence-corrected chi connectivity index (χ1v) is 10.8. The molecular weight excluding hydrogens is 282 g/mol. The van der Waals surface area contributed by atoms with Crippen LogP contribution in [0.4, 0.5) is 0 Å². The Bertz CT molecular complexity index is 196. The van der Waals surface area contributed by atoms with E-state index in [1.807, 2.05) is 0 Å². The van der Waals surface area contributed by atoms with Gasteiger partial charge in [-0.2, -0.15) is 0 Å². The van der Waals surface area contributed by atoms with Crippen molar-refractivity contribution in [2.75, 3.05) is 32.9 Å². The van der Waals surface area contributed by atoms with E-state index in [0.717, 1.165) is 64.6 Å². The van der Waals surface area contributed by atoms with Crippen LogP contribution in [-0.2, 0) is 13.3 Å². The minimum Gasteiger partial charge on any atom is -0.373 e. The fourth-order valence-electron chi connectivity index (χ4n) is 1.97. The van der Waals surface area contributed by atoms with Gasteiger partial charge in [0.15, 0.2) is 0 Å². The highest BCUT2D eigenvalue weighted by molar-refractivity contribution is 6.60. The molecule has 0 unspecified atom stereocenters. The van der Waals surface area contributed by atoms with E-state index >= 15 is 0 Å². The Morgan fingerprint density at radius 3 is 1.57 bits per heavy atom. The van der Waals surface area contributed by atoms with Crippen molar-refractivity contribution in [2.24, 2.45) is 0 Å². The van der Waals surface area contributed by atoms with E-state index in [1.54, 1.807) is 0 Å². The first-order valence-electron chi connectivity index (χ1n) is 8.87. The fraction of sp³-hybridized carbons (Fsp3) is 1.00. The van der Waals surface area contributed by atoms with Crippen LogP contribution in [0.25, 0.3) is 0 Å². The predicted octanol–water partition coefficient (Wildman–Crippen LogP) is 3.98. The molecule has 0 heterocycles. The standard InChI is InChI=1S/C16H37NO3Si/c1-5-9-11-17-12-10-16-21(18-13-6-2,19-14-7-3)20-15-8-4/h17H,5-16H2,1-4H3. The second-order valence-electron chi connectivity index (χ2n) is 5.44. The average molecular weight is 320 g/mol. The molecule has 0 spiro atoms. The lowest BCUT2D eigenvalue weighted by molar-refractivity contribution is 0.0588. The molecule has 0 atom stereocenters. The number of rotatable bonds is 16. The quantitative estimate of drug-likeness (QED) is 0.345.